The summed E-state index contributed by atoms with van der Waals surface area (Å²) in [7, 11) is 0. The molecule has 0 aromatic carbocycles. The molecule has 0 saturated carbocycles. The first kappa shape index (κ1) is 22.6. The first-order chi connectivity index (χ1) is 12.8. The van der Waals surface area contributed by atoms with E-state index >= 15 is 0 Å². The van der Waals surface area contributed by atoms with Gasteiger partial charge < -0.3 is 15.2 Å². The molecule has 0 aliphatic heterocycles. The van der Waals surface area contributed by atoms with Crippen LogP contribution >= 0.6 is 0 Å². The standard InChI is InChI=1S/C19H29N3O5/c1-5-14(6-2)27-19(25)13-9-15(26-8-7-12(3)4)17(21-11-13)18(24)22-16(23)10-20/h9,11-12,14H,5-8,10,20H2,1-4H3,(H,22,23,24). The number of esters is 1. The number of amides is 2. The predicted octanol–water partition coefficient (Wildman–Crippen LogP) is 2.07. The summed E-state index contributed by atoms with van der Waals surface area (Å²) in [5.41, 5.74) is 5.31. The highest BCUT2D eigenvalue weighted by molar-refractivity contribution is 6.06. The largest absolute Gasteiger partial charge is 0.491 e. The van der Waals surface area contributed by atoms with Gasteiger partial charge in [0, 0.05) is 6.20 Å². The van der Waals surface area contributed by atoms with Crippen LogP contribution in [0.2, 0.25) is 0 Å². The fourth-order valence-electron chi connectivity index (χ4n) is 2.15. The number of hydrogen-bond donors (Lipinski definition) is 2. The number of aromatic nitrogens is 1. The molecule has 150 valence electrons. The maximum Gasteiger partial charge on any atom is 0.340 e. The molecule has 0 aliphatic rings. The molecular formula is C19H29N3O5. The van der Waals surface area contributed by atoms with E-state index in [1.54, 1.807) is 0 Å². The molecule has 3 N–H and O–H groups in total. The lowest BCUT2D eigenvalue weighted by Crippen LogP contribution is -2.36. The lowest BCUT2D eigenvalue weighted by atomic mass is 10.1. The fraction of sp³-hybridized carbons (Fsp3) is 0.579. The third kappa shape index (κ3) is 7.34. The number of rotatable bonds is 10. The third-order valence-electron chi connectivity index (χ3n) is 3.88. The molecule has 0 fully saturated rings. The van der Waals surface area contributed by atoms with Gasteiger partial charge in [-0.2, -0.15) is 0 Å². The summed E-state index contributed by atoms with van der Waals surface area (Å²) >= 11 is 0. The van der Waals surface area contributed by atoms with E-state index < -0.39 is 17.8 Å². The van der Waals surface area contributed by atoms with Gasteiger partial charge in [0.15, 0.2) is 11.4 Å². The van der Waals surface area contributed by atoms with Crippen molar-refractivity contribution in [3.05, 3.63) is 23.5 Å². The highest BCUT2D eigenvalue weighted by Crippen LogP contribution is 2.20. The summed E-state index contributed by atoms with van der Waals surface area (Å²) in [5.74, 6) is -1.37. The van der Waals surface area contributed by atoms with E-state index in [9.17, 15) is 14.4 Å². The Morgan fingerprint density at radius 1 is 1.22 bits per heavy atom. The van der Waals surface area contributed by atoms with Crippen molar-refractivity contribution >= 4 is 17.8 Å². The van der Waals surface area contributed by atoms with Crippen LogP contribution in [0.15, 0.2) is 12.3 Å². The summed E-state index contributed by atoms with van der Waals surface area (Å²) in [5, 5.41) is 2.12. The topological polar surface area (TPSA) is 121 Å². The van der Waals surface area contributed by atoms with Gasteiger partial charge >= 0.3 is 5.97 Å². The molecule has 0 saturated heterocycles. The van der Waals surface area contributed by atoms with Crippen molar-refractivity contribution in [2.24, 2.45) is 11.7 Å². The first-order valence-corrected chi connectivity index (χ1v) is 9.20. The number of nitrogens with one attached hydrogen (secondary N) is 1. The lowest BCUT2D eigenvalue weighted by molar-refractivity contribution is -0.118. The minimum absolute atomic E-state index is 0.0837. The minimum atomic E-state index is -0.732. The zero-order valence-corrected chi connectivity index (χ0v) is 16.4. The Hall–Kier alpha value is -2.48. The van der Waals surface area contributed by atoms with E-state index in [-0.39, 0.29) is 29.7 Å². The van der Waals surface area contributed by atoms with Crippen LogP contribution in [-0.2, 0) is 9.53 Å². The molecule has 1 aromatic heterocycles. The summed E-state index contributed by atoms with van der Waals surface area (Å²) in [6.07, 6.45) is 3.21. The fourth-order valence-corrected chi connectivity index (χ4v) is 2.15. The van der Waals surface area contributed by atoms with Crippen molar-refractivity contribution in [1.29, 1.82) is 0 Å². The number of ether oxygens (including phenoxy) is 2. The second-order valence-electron chi connectivity index (χ2n) is 6.53. The van der Waals surface area contributed by atoms with Crippen LogP contribution in [0.25, 0.3) is 0 Å². The molecule has 1 heterocycles. The van der Waals surface area contributed by atoms with Crippen LogP contribution in [-0.4, -0.2) is 42.0 Å². The molecule has 0 aliphatic carbocycles. The number of carbonyl (C=O) groups excluding carboxylic acids is 3. The Kier molecular flexibility index (Phi) is 9.42. The van der Waals surface area contributed by atoms with Crippen molar-refractivity contribution in [2.75, 3.05) is 13.2 Å². The Balaban J connectivity index is 3.06. The molecule has 0 bridgehead atoms. The molecule has 8 heteroatoms. The Bertz CT molecular complexity index is 657. The molecule has 0 unspecified atom stereocenters. The highest BCUT2D eigenvalue weighted by atomic mass is 16.5. The quantitative estimate of drug-likeness (QED) is 0.597. The summed E-state index contributed by atoms with van der Waals surface area (Å²) in [6, 6.07) is 1.42. The van der Waals surface area contributed by atoms with Gasteiger partial charge in [0.05, 0.1) is 18.7 Å². The van der Waals surface area contributed by atoms with Gasteiger partial charge in [-0.05, 0) is 31.2 Å². The van der Waals surface area contributed by atoms with Gasteiger partial charge in [0.2, 0.25) is 5.91 Å². The van der Waals surface area contributed by atoms with Crippen molar-refractivity contribution in [3.8, 4) is 5.75 Å². The van der Waals surface area contributed by atoms with E-state index in [0.29, 0.717) is 25.4 Å². The van der Waals surface area contributed by atoms with Crippen molar-refractivity contribution in [1.82, 2.24) is 10.3 Å². The number of carbonyl (C=O) groups is 3. The summed E-state index contributed by atoms with van der Waals surface area (Å²) in [6.45, 7) is 7.96. The van der Waals surface area contributed by atoms with Gasteiger partial charge in [-0.1, -0.05) is 27.7 Å². The number of imide groups is 1. The molecule has 1 rings (SSSR count). The SMILES string of the molecule is CCC(CC)OC(=O)c1cnc(C(=O)NC(=O)CN)c(OCCC(C)C)c1. The summed E-state index contributed by atoms with van der Waals surface area (Å²) in [4.78, 5) is 39.9. The smallest absolute Gasteiger partial charge is 0.340 e. The van der Waals surface area contributed by atoms with Crippen LogP contribution < -0.4 is 15.8 Å². The van der Waals surface area contributed by atoms with E-state index in [4.69, 9.17) is 15.2 Å². The first-order valence-electron chi connectivity index (χ1n) is 9.20. The van der Waals surface area contributed by atoms with E-state index in [0.717, 1.165) is 6.42 Å². The van der Waals surface area contributed by atoms with Gasteiger partial charge in [0.1, 0.15) is 6.10 Å². The predicted molar refractivity (Wildman–Crippen MR) is 101 cm³/mol. The van der Waals surface area contributed by atoms with Crippen LogP contribution in [0.1, 0.15) is 67.8 Å². The van der Waals surface area contributed by atoms with Gasteiger partial charge in [-0.25, -0.2) is 9.78 Å². The molecule has 0 spiro atoms. The minimum Gasteiger partial charge on any atom is -0.491 e. The normalized spacial score (nSPS) is 10.8. The number of nitrogens with zero attached hydrogens (tertiary/aromatic N) is 1. The Morgan fingerprint density at radius 3 is 2.44 bits per heavy atom. The average Bonchev–Trinajstić information content (AvgIpc) is 2.65. The summed E-state index contributed by atoms with van der Waals surface area (Å²) < 4.78 is 11.1. The maximum absolute atomic E-state index is 12.3. The number of pyridine rings is 1. The van der Waals surface area contributed by atoms with E-state index in [1.165, 1.54) is 12.3 Å². The molecule has 27 heavy (non-hydrogen) atoms. The van der Waals surface area contributed by atoms with E-state index in [2.05, 4.69) is 10.3 Å². The highest BCUT2D eigenvalue weighted by Gasteiger charge is 2.21. The van der Waals surface area contributed by atoms with E-state index in [1.807, 2.05) is 27.7 Å². The third-order valence-corrected chi connectivity index (χ3v) is 3.88. The second-order valence-corrected chi connectivity index (χ2v) is 6.53. The molecule has 0 atom stereocenters. The van der Waals surface area contributed by atoms with Crippen molar-refractivity contribution < 1.29 is 23.9 Å². The lowest BCUT2D eigenvalue weighted by Gasteiger charge is -2.15. The Labute approximate surface area is 159 Å². The Morgan fingerprint density at radius 2 is 1.89 bits per heavy atom. The van der Waals surface area contributed by atoms with Crippen molar-refractivity contribution in [3.63, 3.8) is 0 Å². The molecular weight excluding hydrogens is 350 g/mol. The van der Waals surface area contributed by atoms with Gasteiger partial charge in [-0.3, -0.25) is 14.9 Å². The average molecular weight is 379 g/mol. The van der Waals surface area contributed by atoms with Crippen molar-refractivity contribution in [2.45, 2.75) is 53.1 Å². The second kappa shape index (κ2) is 11.3. The van der Waals surface area contributed by atoms with Gasteiger partial charge in [0.25, 0.3) is 5.91 Å². The monoisotopic (exact) mass is 379 g/mol. The molecule has 1 aromatic rings. The van der Waals surface area contributed by atoms with Crippen LogP contribution in [0.4, 0.5) is 0 Å². The molecule has 8 nitrogen and oxygen atoms in total. The number of nitrogens with two attached hydrogens (primary N) is 1. The zero-order chi connectivity index (χ0) is 20.4. The molecule has 2 amide bonds. The molecule has 0 radical (unpaired) electrons. The van der Waals surface area contributed by atoms with Crippen LogP contribution in [0, 0.1) is 5.92 Å². The van der Waals surface area contributed by atoms with Gasteiger partial charge in [-0.15, -0.1) is 0 Å². The number of hydrogen-bond acceptors (Lipinski definition) is 7. The maximum atomic E-state index is 12.3. The van der Waals surface area contributed by atoms with Crippen LogP contribution in [0.3, 0.4) is 0 Å². The van der Waals surface area contributed by atoms with Crippen LogP contribution in [0.5, 0.6) is 5.75 Å². The zero-order valence-electron chi connectivity index (χ0n) is 16.4.